The third kappa shape index (κ3) is 8.45. The lowest BCUT2D eigenvalue weighted by atomic mass is 10.4. The average molecular weight is 359 g/mol. The van der Waals surface area contributed by atoms with E-state index in [4.69, 9.17) is 13.6 Å². The van der Waals surface area contributed by atoms with Crippen molar-refractivity contribution in [2.75, 3.05) is 13.2 Å². The van der Waals surface area contributed by atoms with Gasteiger partial charge in [-0.05, 0) is 52.9 Å². The van der Waals surface area contributed by atoms with Crippen molar-refractivity contribution in [3.63, 3.8) is 0 Å². The SMILES string of the molecule is C=C(C)COC(CC)[Si](C)(C)O[Si](C)(C)C(CC)OCC(=C)C. The first-order valence-corrected chi connectivity index (χ1v) is 14.7. The van der Waals surface area contributed by atoms with Crippen LogP contribution < -0.4 is 0 Å². The second kappa shape index (κ2) is 9.94. The standard InChI is InChI=1S/C18H38O3Si2/c1-11-17(19-13-15(3)4)22(7,8)21-23(9,10)18(12-2)20-14-16(5)6/h17-18H,3,5,11-14H2,1-2,4,6-10H3. The molecular weight excluding hydrogens is 320 g/mol. The van der Waals surface area contributed by atoms with Crippen molar-refractivity contribution in [3.05, 3.63) is 24.3 Å². The van der Waals surface area contributed by atoms with Crippen LogP contribution in [0.1, 0.15) is 40.5 Å². The molecule has 5 heteroatoms. The van der Waals surface area contributed by atoms with Crippen molar-refractivity contribution in [3.8, 4) is 0 Å². The van der Waals surface area contributed by atoms with Gasteiger partial charge in [0.2, 0.25) is 16.6 Å². The van der Waals surface area contributed by atoms with Gasteiger partial charge < -0.3 is 13.6 Å². The Hall–Kier alpha value is -0.206. The van der Waals surface area contributed by atoms with Gasteiger partial charge >= 0.3 is 0 Å². The van der Waals surface area contributed by atoms with Gasteiger partial charge in [0.15, 0.2) is 0 Å². The third-order valence-electron chi connectivity index (χ3n) is 3.88. The molecule has 0 aromatic rings. The molecule has 0 aromatic heterocycles. The lowest BCUT2D eigenvalue weighted by Gasteiger charge is -2.41. The van der Waals surface area contributed by atoms with E-state index in [-0.39, 0.29) is 11.5 Å². The first kappa shape index (κ1) is 22.8. The minimum atomic E-state index is -1.97. The maximum absolute atomic E-state index is 6.76. The first-order chi connectivity index (χ1) is 10.5. The topological polar surface area (TPSA) is 27.7 Å². The highest BCUT2D eigenvalue weighted by Crippen LogP contribution is 2.26. The van der Waals surface area contributed by atoms with Crippen molar-refractivity contribution >= 4 is 16.6 Å². The van der Waals surface area contributed by atoms with E-state index in [9.17, 15) is 0 Å². The molecule has 0 aliphatic rings. The van der Waals surface area contributed by atoms with E-state index >= 15 is 0 Å². The lowest BCUT2D eigenvalue weighted by Crippen LogP contribution is -2.58. The predicted octanol–water partition coefficient (Wildman–Crippen LogP) is 5.23. The second-order valence-corrected chi connectivity index (χ2v) is 16.2. The van der Waals surface area contributed by atoms with Gasteiger partial charge in [-0.25, -0.2) is 0 Å². The Morgan fingerprint density at radius 2 is 1.09 bits per heavy atom. The van der Waals surface area contributed by atoms with Crippen LogP contribution in [0.15, 0.2) is 24.3 Å². The molecule has 0 fully saturated rings. The Morgan fingerprint density at radius 3 is 1.30 bits per heavy atom. The molecule has 2 unspecified atom stereocenters. The molecule has 2 atom stereocenters. The molecule has 0 spiro atoms. The molecule has 0 saturated carbocycles. The summed E-state index contributed by atoms with van der Waals surface area (Å²) in [5, 5.41) is 0. The summed E-state index contributed by atoms with van der Waals surface area (Å²) in [4.78, 5) is 0. The van der Waals surface area contributed by atoms with Crippen molar-refractivity contribution in [2.45, 2.75) is 78.2 Å². The zero-order valence-electron chi connectivity index (χ0n) is 16.6. The number of hydrogen-bond donors (Lipinski definition) is 0. The number of hydrogen-bond acceptors (Lipinski definition) is 3. The molecule has 0 heterocycles. The van der Waals surface area contributed by atoms with Crippen molar-refractivity contribution in [1.82, 2.24) is 0 Å². The highest BCUT2D eigenvalue weighted by atomic mass is 28.4. The van der Waals surface area contributed by atoms with Crippen LogP contribution in [0.25, 0.3) is 0 Å². The normalized spacial score (nSPS) is 15.3. The molecule has 136 valence electrons. The number of ether oxygens (including phenoxy) is 2. The van der Waals surface area contributed by atoms with E-state index in [2.05, 4.69) is 53.2 Å². The van der Waals surface area contributed by atoms with Crippen LogP contribution in [-0.4, -0.2) is 41.3 Å². The Morgan fingerprint density at radius 1 is 0.783 bits per heavy atom. The summed E-state index contributed by atoms with van der Waals surface area (Å²) in [6, 6.07) is 0. The van der Waals surface area contributed by atoms with Crippen LogP contribution in [0.5, 0.6) is 0 Å². The zero-order valence-corrected chi connectivity index (χ0v) is 18.6. The third-order valence-corrected chi connectivity index (χ3v) is 12.3. The van der Waals surface area contributed by atoms with Gasteiger partial charge in [0.05, 0.1) is 24.7 Å². The van der Waals surface area contributed by atoms with Crippen molar-refractivity contribution in [1.29, 1.82) is 0 Å². The molecule has 0 radical (unpaired) electrons. The van der Waals surface area contributed by atoms with Crippen LogP contribution in [0, 0.1) is 0 Å². The minimum Gasteiger partial charge on any atom is -0.452 e. The van der Waals surface area contributed by atoms with E-state index in [1.165, 1.54) is 0 Å². The molecule has 0 bridgehead atoms. The van der Waals surface area contributed by atoms with Crippen molar-refractivity contribution < 1.29 is 13.6 Å². The van der Waals surface area contributed by atoms with Gasteiger partial charge in [-0.2, -0.15) is 0 Å². The smallest absolute Gasteiger partial charge is 0.202 e. The quantitative estimate of drug-likeness (QED) is 0.353. The zero-order chi connectivity index (χ0) is 18.3. The molecule has 0 N–H and O–H groups in total. The van der Waals surface area contributed by atoms with Crippen LogP contribution in [0.2, 0.25) is 26.2 Å². The molecule has 0 saturated heterocycles. The predicted molar refractivity (Wildman–Crippen MR) is 106 cm³/mol. The van der Waals surface area contributed by atoms with Gasteiger partial charge in [-0.15, -0.1) is 0 Å². The molecular formula is C18H38O3Si2. The fraction of sp³-hybridized carbons (Fsp3) is 0.778. The summed E-state index contributed by atoms with van der Waals surface area (Å²) in [6.45, 7) is 26.5. The van der Waals surface area contributed by atoms with Crippen molar-refractivity contribution in [2.24, 2.45) is 0 Å². The summed E-state index contributed by atoms with van der Waals surface area (Å²) in [6.07, 6.45) is 1.95. The number of rotatable bonds is 12. The molecule has 0 rings (SSSR count). The molecule has 3 nitrogen and oxygen atoms in total. The first-order valence-electron chi connectivity index (χ1n) is 8.68. The van der Waals surface area contributed by atoms with Crippen LogP contribution in [-0.2, 0) is 13.6 Å². The Kier molecular flexibility index (Phi) is 9.85. The molecule has 23 heavy (non-hydrogen) atoms. The maximum atomic E-state index is 6.76. The molecule has 0 aliphatic heterocycles. The van der Waals surface area contributed by atoms with E-state index in [0.29, 0.717) is 13.2 Å². The van der Waals surface area contributed by atoms with E-state index in [1.807, 2.05) is 13.8 Å². The van der Waals surface area contributed by atoms with Gasteiger partial charge in [-0.3, -0.25) is 0 Å². The highest BCUT2D eigenvalue weighted by Gasteiger charge is 2.43. The second-order valence-electron chi connectivity index (χ2n) is 7.64. The van der Waals surface area contributed by atoms with Gasteiger partial charge in [0.1, 0.15) is 0 Å². The summed E-state index contributed by atoms with van der Waals surface area (Å²) in [5.41, 5.74) is 2.48. The lowest BCUT2D eigenvalue weighted by molar-refractivity contribution is 0.0938. The minimum absolute atomic E-state index is 0.185. The van der Waals surface area contributed by atoms with Gasteiger partial charge in [0, 0.05) is 0 Å². The summed E-state index contributed by atoms with van der Waals surface area (Å²) in [7, 11) is -3.95. The Labute approximate surface area is 146 Å². The largest absolute Gasteiger partial charge is 0.452 e. The van der Waals surface area contributed by atoms with E-state index < -0.39 is 16.6 Å². The monoisotopic (exact) mass is 358 g/mol. The summed E-state index contributed by atoms with van der Waals surface area (Å²) < 4.78 is 18.9. The fourth-order valence-corrected chi connectivity index (χ4v) is 12.3. The molecule has 0 aromatic carbocycles. The van der Waals surface area contributed by atoms with Crippen LogP contribution >= 0.6 is 0 Å². The maximum Gasteiger partial charge on any atom is 0.202 e. The average Bonchev–Trinajstić information content (AvgIpc) is 2.37. The van der Waals surface area contributed by atoms with Gasteiger partial charge in [0.25, 0.3) is 0 Å². The van der Waals surface area contributed by atoms with Gasteiger partial charge in [-0.1, -0.05) is 38.2 Å². The van der Waals surface area contributed by atoms with Crippen LogP contribution in [0.3, 0.4) is 0 Å². The summed E-state index contributed by atoms with van der Waals surface area (Å²) >= 11 is 0. The van der Waals surface area contributed by atoms with Crippen LogP contribution in [0.4, 0.5) is 0 Å². The highest BCUT2D eigenvalue weighted by molar-refractivity contribution is 6.86. The Balaban J connectivity index is 4.97. The summed E-state index contributed by atoms with van der Waals surface area (Å²) in [5.74, 6) is 0. The molecule has 0 amide bonds. The van der Waals surface area contributed by atoms with E-state index in [0.717, 1.165) is 24.0 Å². The molecule has 0 aliphatic carbocycles. The Bertz CT molecular complexity index is 356. The van der Waals surface area contributed by atoms with E-state index in [1.54, 1.807) is 0 Å². The fourth-order valence-electron chi connectivity index (χ4n) is 2.92.